The van der Waals surface area contributed by atoms with Crippen LogP contribution in [0.25, 0.3) is 5.65 Å². The number of hydrogen-bond acceptors (Lipinski definition) is 4. The summed E-state index contributed by atoms with van der Waals surface area (Å²) in [6.07, 6.45) is 3.59. The van der Waals surface area contributed by atoms with Crippen LogP contribution in [-0.2, 0) is 0 Å². The first-order chi connectivity index (χ1) is 12.9. The highest BCUT2D eigenvalue weighted by Crippen LogP contribution is 2.39. The predicted octanol–water partition coefficient (Wildman–Crippen LogP) is 3.04. The standard InChI is InChI=1S/C21H21N3O3/c1-13-7-6-10-24-18(13)22-12-15(20(24)26)19(25)23-16-11-21(2,3)27-17-9-5-4-8-14(16)17/h4-10,12,16H,11H2,1-3H3,(H,23,25). The molecule has 0 aliphatic carbocycles. The molecular weight excluding hydrogens is 342 g/mol. The van der Waals surface area contributed by atoms with Crippen molar-refractivity contribution in [2.24, 2.45) is 0 Å². The van der Waals surface area contributed by atoms with Gasteiger partial charge in [0.05, 0.1) is 6.04 Å². The van der Waals surface area contributed by atoms with Crippen LogP contribution in [0.1, 0.15) is 47.8 Å². The van der Waals surface area contributed by atoms with Gasteiger partial charge in [0.15, 0.2) is 0 Å². The number of para-hydroxylation sites is 1. The Bertz CT molecular complexity index is 1100. The van der Waals surface area contributed by atoms with E-state index in [0.717, 1.165) is 16.9 Å². The Morgan fingerprint density at radius 3 is 2.85 bits per heavy atom. The Hall–Kier alpha value is -3.15. The van der Waals surface area contributed by atoms with Gasteiger partial charge in [-0.1, -0.05) is 24.3 Å². The van der Waals surface area contributed by atoms with Crippen LogP contribution in [-0.4, -0.2) is 20.9 Å². The van der Waals surface area contributed by atoms with Crippen molar-refractivity contribution in [3.05, 3.63) is 75.8 Å². The predicted molar refractivity (Wildman–Crippen MR) is 102 cm³/mol. The van der Waals surface area contributed by atoms with Gasteiger partial charge < -0.3 is 10.1 Å². The van der Waals surface area contributed by atoms with Crippen LogP contribution >= 0.6 is 0 Å². The minimum absolute atomic E-state index is 0.0277. The van der Waals surface area contributed by atoms with E-state index in [1.807, 2.05) is 51.1 Å². The number of amides is 1. The number of carbonyl (C=O) groups is 1. The smallest absolute Gasteiger partial charge is 0.270 e. The number of ether oxygens (including phenoxy) is 1. The van der Waals surface area contributed by atoms with E-state index in [0.29, 0.717) is 12.1 Å². The zero-order valence-corrected chi connectivity index (χ0v) is 15.5. The van der Waals surface area contributed by atoms with Crippen LogP contribution in [0.4, 0.5) is 0 Å². The molecule has 1 aromatic carbocycles. The monoisotopic (exact) mass is 363 g/mol. The van der Waals surface area contributed by atoms with Gasteiger partial charge in [0.1, 0.15) is 22.6 Å². The molecule has 0 radical (unpaired) electrons. The van der Waals surface area contributed by atoms with Gasteiger partial charge in [0.25, 0.3) is 11.5 Å². The molecule has 1 aliphatic heterocycles. The van der Waals surface area contributed by atoms with Crippen molar-refractivity contribution in [1.29, 1.82) is 0 Å². The van der Waals surface area contributed by atoms with Gasteiger partial charge in [-0.15, -0.1) is 0 Å². The summed E-state index contributed by atoms with van der Waals surface area (Å²) in [5, 5.41) is 2.99. The molecule has 0 saturated heterocycles. The number of pyridine rings is 1. The topological polar surface area (TPSA) is 72.7 Å². The number of aromatic nitrogens is 2. The molecule has 1 aliphatic rings. The summed E-state index contributed by atoms with van der Waals surface area (Å²) in [7, 11) is 0. The number of carbonyl (C=O) groups excluding carboxylic acids is 1. The van der Waals surface area contributed by atoms with Crippen molar-refractivity contribution in [1.82, 2.24) is 14.7 Å². The quantitative estimate of drug-likeness (QED) is 0.760. The molecule has 0 fully saturated rings. The lowest BCUT2D eigenvalue weighted by Gasteiger charge is -2.37. The molecule has 1 atom stereocenters. The molecule has 27 heavy (non-hydrogen) atoms. The Morgan fingerprint density at radius 2 is 2.04 bits per heavy atom. The Balaban J connectivity index is 1.70. The fourth-order valence-corrected chi connectivity index (χ4v) is 3.57. The summed E-state index contributed by atoms with van der Waals surface area (Å²) in [5.41, 5.74) is 1.58. The molecule has 1 amide bonds. The third kappa shape index (κ3) is 3.07. The molecule has 0 saturated carbocycles. The van der Waals surface area contributed by atoms with Gasteiger partial charge in [-0.2, -0.15) is 0 Å². The lowest BCUT2D eigenvalue weighted by molar-refractivity contribution is 0.0619. The zero-order valence-electron chi connectivity index (χ0n) is 15.5. The van der Waals surface area contributed by atoms with Crippen molar-refractivity contribution in [3.63, 3.8) is 0 Å². The molecule has 3 aromatic rings. The van der Waals surface area contributed by atoms with Gasteiger partial charge >= 0.3 is 0 Å². The van der Waals surface area contributed by atoms with Crippen LogP contribution in [0.3, 0.4) is 0 Å². The second-order valence-corrected chi connectivity index (χ2v) is 7.49. The van der Waals surface area contributed by atoms with Gasteiger partial charge in [0.2, 0.25) is 0 Å². The van der Waals surface area contributed by atoms with Crippen LogP contribution in [0.2, 0.25) is 0 Å². The molecule has 4 rings (SSSR count). The maximum absolute atomic E-state index is 12.9. The third-order valence-corrected chi connectivity index (χ3v) is 4.85. The average molecular weight is 363 g/mol. The van der Waals surface area contributed by atoms with E-state index in [9.17, 15) is 9.59 Å². The van der Waals surface area contributed by atoms with Crippen molar-refractivity contribution >= 4 is 11.6 Å². The highest BCUT2D eigenvalue weighted by atomic mass is 16.5. The van der Waals surface area contributed by atoms with Crippen molar-refractivity contribution < 1.29 is 9.53 Å². The summed E-state index contributed by atoms with van der Waals surface area (Å²) in [6, 6.07) is 11.0. The number of benzene rings is 1. The SMILES string of the molecule is Cc1cccn2c(=O)c(C(=O)NC3CC(C)(C)Oc4ccccc43)cnc12. The van der Waals surface area contributed by atoms with Gasteiger partial charge in [-0.05, 0) is 38.5 Å². The minimum atomic E-state index is -0.430. The summed E-state index contributed by atoms with van der Waals surface area (Å²) >= 11 is 0. The normalized spacial score (nSPS) is 17.8. The Labute approximate surface area is 156 Å². The summed E-state index contributed by atoms with van der Waals surface area (Å²) < 4.78 is 7.41. The van der Waals surface area contributed by atoms with Gasteiger partial charge in [-0.3, -0.25) is 14.0 Å². The number of nitrogens with one attached hydrogen (secondary N) is 1. The highest BCUT2D eigenvalue weighted by molar-refractivity contribution is 5.94. The summed E-state index contributed by atoms with van der Waals surface area (Å²) in [5.74, 6) is 0.323. The molecule has 2 aromatic heterocycles. The average Bonchev–Trinajstić information content (AvgIpc) is 2.61. The lowest BCUT2D eigenvalue weighted by atomic mass is 9.89. The van der Waals surface area contributed by atoms with Crippen molar-refractivity contribution in [3.8, 4) is 5.75 Å². The van der Waals surface area contributed by atoms with Crippen molar-refractivity contribution in [2.45, 2.75) is 38.8 Å². The van der Waals surface area contributed by atoms with E-state index in [1.54, 1.807) is 12.3 Å². The number of nitrogens with zero attached hydrogens (tertiary/aromatic N) is 2. The molecule has 6 nitrogen and oxygen atoms in total. The van der Waals surface area contributed by atoms with Crippen molar-refractivity contribution in [2.75, 3.05) is 0 Å². The molecule has 138 valence electrons. The van der Waals surface area contributed by atoms with Crippen LogP contribution in [0.15, 0.2) is 53.6 Å². The summed E-state index contributed by atoms with van der Waals surface area (Å²) in [6.45, 7) is 5.84. The molecule has 3 heterocycles. The number of fused-ring (bicyclic) bond motifs is 2. The molecular formula is C21H21N3O3. The Morgan fingerprint density at radius 1 is 1.26 bits per heavy atom. The first-order valence-electron chi connectivity index (χ1n) is 8.91. The highest BCUT2D eigenvalue weighted by Gasteiger charge is 2.34. The van der Waals surface area contributed by atoms with E-state index in [2.05, 4.69) is 10.3 Å². The van der Waals surface area contributed by atoms with Gasteiger partial charge in [-0.25, -0.2) is 4.98 Å². The number of rotatable bonds is 2. The molecule has 0 spiro atoms. The maximum atomic E-state index is 12.9. The van der Waals surface area contributed by atoms with Crippen LogP contribution in [0.5, 0.6) is 5.75 Å². The molecule has 6 heteroatoms. The molecule has 0 bridgehead atoms. The second-order valence-electron chi connectivity index (χ2n) is 7.49. The van der Waals surface area contributed by atoms with E-state index in [-0.39, 0.29) is 17.2 Å². The van der Waals surface area contributed by atoms with E-state index < -0.39 is 11.5 Å². The number of hydrogen-bond donors (Lipinski definition) is 1. The molecule has 1 N–H and O–H groups in total. The lowest BCUT2D eigenvalue weighted by Crippen LogP contribution is -2.42. The summed E-state index contributed by atoms with van der Waals surface area (Å²) in [4.78, 5) is 30.0. The Kier molecular flexibility index (Phi) is 3.98. The first-order valence-corrected chi connectivity index (χ1v) is 8.91. The molecule has 1 unspecified atom stereocenters. The van der Waals surface area contributed by atoms with Gasteiger partial charge in [0, 0.05) is 24.4 Å². The fourth-order valence-electron chi connectivity index (χ4n) is 3.57. The van der Waals surface area contributed by atoms with E-state index in [4.69, 9.17) is 4.74 Å². The third-order valence-electron chi connectivity index (χ3n) is 4.85. The fraction of sp³-hybridized carbons (Fsp3) is 0.286. The largest absolute Gasteiger partial charge is 0.487 e. The number of aryl methyl sites for hydroxylation is 1. The zero-order chi connectivity index (χ0) is 19.2. The van der Waals surface area contributed by atoms with Crippen LogP contribution < -0.4 is 15.6 Å². The second kappa shape index (κ2) is 6.23. The maximum Gasteiger partial charge on any atom is 0.270 e. The first kappa shape index (κ1) is 17.3. The van der Waals surface area contributed by atoms with E-state index >= 15 is 0 Å². The minimum Gasteiger partial charge on any atom is -0.487 e. The van der Waals surface area contributed by atoms with Crippen LogP contribution in [0, 0.1) is 6.92 Å². The van der Waals surface area contributed by atoms with E-state index in [1.165, 1.54) is 10.6 Å².